The van der Waals surface area contributed by atoms with Crippen LogP contribution in [0.2, 0.25) is 0 Å². The zero-order valence-corrected chi connectivity index (χ0v) is 19.3. The molecule has 0 atom stereocenters. The summed E-state index contributed by atoms with van der Waals surface area (Å²) in [6.07, 6.45) is 6.21. The maximum absolute atomic E-state index is 13.4. The number of nitrogens with zero attached hydrogens (tertiary/aromatic N) is 2. The number of hydrogen-bond acceptors (Lipinski definition) is 3. The highest BCUT2D eigenvalue weighted by Crippen LogP contribution is 2.39. The Hall–Kier alpha value is -2.38. The zero-order valence-electron chi connectivity index (χ0n) is 17.8. The van der Waals surface area contributed by atoms with Gasteiger partial charge in [0.25, 0.3) is 11.8 Å². The first-order valence-corrected chi connectivity index (χ1v) is 11.9. The fourth-order valence-corrected chi connectivity index (χ4v) is 5.56. The molecule has 1 fully saturated rings. The number of likely N-dealkylation sites (tertiary alicyclic amines) is 1. The summed E-state index contributed by atoms with van der Waals surface area (Å²) in [5, 5.41) is 2.93. The second-order valence-electron chi connectivity index (χ2n) is 8.64. The molecule has 162 valence electrons. The summed E-state index contributed by atoms with van der Waals surface area (Å²) in [6, 6.07) is 5.74. The SMILES string of the molecule is Cc1c(/C=C2\C(=O)Nc3cccc(Br)c32)[nH]c2c1C(=O)N(CCN1CCCC1)CCC2. The van der Waals surface area contributed by atoms with Crippen LogP contribution in [0.5, 0.6) is 0 Å². The van der Waals surface area contributed by atoms with E-state index in [0.717, 1.165) is 83.8 Å². The Balaban J connectivity index is 1.45. The number of benzene rings is 1. The molecule has 2 N–H and O–H groups in total. The van der Waals surface area contributed by atoms with Crippen molar-refractivity contribution in [3.8, 4) is 0 Å². The normalized spacial score (nSPS) is 20.2. The molecule has 1 saturated heterocycles. The molecule has 3 aliphatic rings. The molecule has 4 heterocycles. The van der Waals surface area contributed by atoms with Gasteiger partial charge in [0, 0.05) is 41.1 Å². The van der Waals surface area contributed by atoms with Crippen LogP contribution in [-0.2, 0) is 11.2 Å². The van der Waals surface area contributed by atoms with Crippen molar-refractivity contribution < 1.29 is 9.59 Å². The van der Waals surface area contributed by atoms with Crippen LogP contribution in [0.4, 0.5) is 5.69 Å². The van der Waals surface area contributed by atoms with Crippen LogP contribution in [0.25, 0.3) is 11.6 Å². The lowest BCUT2D eigenvalue weighted by molar-refractivity contribution is -0.110. The van der Waals surface area contributed by atoms with E-state index in [-0.39, 0.29) is 11.8 Å². The Morgan fingerprint density at radius 3 is 2.68 bits per heavy atom. The Morgan fingerprint density at radius 1 is 1.06 bits per heavy atom. The molecule has 1 aromatic carbocycles. The average Bonchev–Trinajstić information content (AvgIpc) is 3.42. The van der Waals surface area contributed by atoms with Crippen LogP contribution in [0.3, 0.4) is 0 Å². The van der Waals surface area contributed by atoms with Gasteiger partial charge in [-0.25, -0.2) is 0 Å². The number of hydrogen-bond donors (Lipinski definition) is 2. The highest BCUT2D eigenvalue weighted by molar-refractivity contribution is 9.10. The number of amides is 2. The number of H-pyrrole nitrogens is 1. The summed E-state index contributed by atoms with van der Waals surface area (Å²) in [5.74, 6) is -0.00721. The number of fused-ring (bicyclic) bond motifs is 2. The van der Waals surface area contributed by atoms with Crippen LogP contribution in [0.1, 0.15) is 52.1 Å². The molecule has 7 heteroatoms. The maximum Gasteiger partial charge on any atom is 0.256 e. The first-order valence-electron chi connectivity index (χ1n) is 11.1. The minimum Gasteiger partial charge on any atom is -0.358 e. The summed E-state index contributed by atoms with van der Waals surface area (Å²) in [4.78, 5) is 34.0. The van der Waals surface area contributed by atoms with Crippen LogP contribution in [0.15, 0.2) is 22.7 Å². The van der Waals surface area contributed by atoms with Crippen LogP contribution < -0.4 is 5.32 Å². The third kappa shape index (κ3) is 3.74. The maximum atomic E-state index is 13.4. The van der Waals surface area contributed by atoms with Crippen molar-refractivity contribution >= 4 is 45.1 Å². The molecule has 0 unspecified atom stereocenters. The summed E-state index contributed by atoms with van der Waals surface area (Å²) >= 11 is 3.57. The number of halogens is 1. The van der Waals surface area contributed by atoms with E-state index in [4.69, 9.17) is 0 Å². The van der Waals surface area contributed by atoms with Gasteiger partial charge in [-0.1, -0.05) is 22.0 Å². The van der Waals surface area contributed by atoms with Gasteiger partial charge < -0.3 is 20.1 Å². The number of nitrogens with one attached hydrogen (secondary N) is 2. The fraction of sp³-hybridized carbons (Fsp3) is 0.417. The number of carbonyl (C=O) groups excluding carboxylic acids is 2. The standard InChI is InChI=1S/C24H27BrN4O2/c1-15-20(14-16-22-17(25)6-4-7-19(22)27-23(16)30)26-18-8-5-11-29(24(31)21(15)18)13-12-28-9-2-3-10-28/h4,6-7,14,26H,2-3,5,8-13H2,1H3,(H,27,30)/b16-14-. The predicted octanol–water partition coefficient (Wildman–Crippen LogP) is 4.06. The number of aromatic nitrogens is 1. The summed E-state index contributed by atoms with van der Waals surface area (Å²) in [5.41, 5.74) is 5.83. The van der Waals surface area contributed by atoms with E-state index in [1.54, 1.807) is 0 Å². The van der Waals surface area contributed by atoms with Crippen molar-refractivity contribution in [3.63, 3.8) is 0 Å². The molecule has 2 aromatic rings. The molecule has 3 aliphatic heterocycles. The first-order chi connectivity index (χ1) is 15.0. The minimum atomic E-state index is -0.121. The largest absolute Gasteiger partial charge is 0.358 e. The lowest BCUT2D eigenvalue weighted by Gasteiger charge is -2.24. The highest BCUT2D eigenvalue weighted by Gasteiger charge is 2.30. The Bertz CT molecular complexity index is 1080. The van der Waals surface area contributed by atoms with Gasteiger partial charge in [-0.15, -0.1) is 0 Å². The van der Waals surface area contributed by atoms with Crippen molar-refractivity contribution in [2.24, 2.45) is 0 Å². The second-order valence-corrected chi connectivity index (χ2v) is 9.49. The van der Waals surface area contributed by atoms with Crippen molar-refractivity contribution in [1.82, 2.24) is 14.8 Å². The lowest BCUT2D eigenvalue weighted by atomic mass is 10.0. The van der Waals surface area contributed by atoms with E-state index in [1.165, 1.54) is 12.8 Å². The molecule has 1 aromatic heterocycles. The topological polar surface area (TPSA) is 68.4 Å². The molecule has 5 rings (SSSR count). The molecule has 0 bridgehead atoms. The van der Waals surface area contributed by atoms with Crippen LogP contribution in [-0.4, -0.2) is 59.3 Å². The molecule has 0 aliphatic carbocycles. The molecule has 0 spiro atoms. The summed E-state index contributed by atoms with van der Waals surface area (Å²) in [6.45, 7) is 6.81. The van der Waals surface area contributed by atoms with Gasteiger partial charge in [0.05, 0.1) is 16.8 Å². The zero-order chi connectivity index (χ0) is 21.5. The van der Waals surface area contributed by atoms with Crippen molar-refractivity contribution in [1.29, 1.82) is 0 Å². The Morgan fingerprint density at radius 2 is 1.87 bits per heavy atom. The Labute approximate surface area is 190 Å². The number of aryl methyl sites for hydroxylation is 1. The van der Waals surface area contributed by atoms with Gasteiger partial charge in [-0.3, -0.25) is 9.59 Å². The van der Waals surface area contributed by atoms with E-state index in [0.29, 0.717) is 5.57 Å². The lowest BCUT2D eigenvalue weighted by Crippen LogP contribution is -2.38. The third-order valence-electron chi connectivity index (χ3n) is 6.67. The van der Waals surface area contributed by atoms with Gasteiger partial charge in [0.2, 0.25) is 0 Å². The highest BCUT2D eigenvalue weighted by atomic mass is 79.9. The molecule has 2 amide bonds. The van der Waals surface area contributed by atoms with Crippen LogP contribution >= 0.6 is 15.9 Å². The van der Waals surface area contributed by atoms with E-state index in [2.05, 4.69) is 31.1 Å². The van der Waals surface area contributed by atoms with Gasteiger partial charge >= 0.3 is 0 Å². The molecule has 0 saturated carbocycles. The van der Waals surface area contributed by atoms with Crippen LogP contribution in [0, 0.1) is 6.92 Å². The first kappa shape index (κ1) is 20.5. The number of carbonyl (C=O) groups is 2. The van der Waals surface area contributed by atoms with Crippen molar-refractivity contribution in [2.75, 3.05) is 38.0 Å². The Kier molecular flexibility index (Phi) is 5.48. The van der Waals surface area contributed by atoms with E-state index in [1.807, 2.05) is 36.1 Å². The van der Waals surface area contributed by atoms with E-state index in [9.17, 15) is 9.59 Å². The number of anilines is 1. The second kappa shape index (κ2) is 8.28. The third-order valence-corrected chi connectivity index (χ3v) is 7.33. The van der Waals surface area contributed by atoms with E-state index >= 15 is 0 Å². The quantitative estimate of drug-likeness (QED) is 0.645. The van der Waals surface area contributed by atoms with Crippen molar-refractivity contribution in [2.45, 2.75) is 32.6 Å². The van der Waals surface area contributed by atoms with Gasteiger partial charge in [-0.05, 0) is 69.5 Å². The van der Waals surface area contributed by atoms with E-state index < -0.39 is 0 Å². The molecule has 31 heavy (non-hydrogen) atoms. The molecular formula is C24H27BrN4O2. The number of rotatable bonds is 4. The molecule has 0 radical (unpaired) electrons. The number of aromatic amines is 1. The smallest absolute Gasteiger partial charge is 0.256 e. The van der Waals surface area contributed by atoms with Gasteiger partial charge in [-0.2, -0.15) is 0 Å². The molecule has 6 nitrogen and oxygen atoms in total. The monoisotopic (exact) mass is 482 g/mol. The van der Waals surface area contributed by atoms with Gasteiger partial charge in [0.15, 0.2) is 0 Å². The molecular weight excluding hydrogens is 456 g/mol. The van der Waals surface area contributed by atoms with Crippen molar-refractivity contribution in [3.05, 3.63) is 50.8 Å². The summed E-state index contributed by atoms with van der Waals surface area (Å²) in [7, 11) is 0. The summed E-state index contributed by atoms with van der Waals surface area (Å²) < 4.78 is 0.879. The predicted molar refractivity (Wildman–Crippen MR) is 126 cm³/mol. The minimum absolute atomic E-state index is 0.113. The average molecular weight is 483 g/mol. The fourth-order valence-electron chi connectivity index (χ4n) is 4.98. The van der Waals surface area contributed by atoms with Gasteiger partial charge in [0.1, 0.15) is 0 Å².